The highest BCUT2D eigenvalue weighted by Crippen LogP contribution is 2.23. The van der Waals surface area contributed by atoms with Crippen LogP contribution in [0.3, 0.4) is 0 Å². The standard InChI is InChI=1S/C11H8FNO2/c1-7(14)10-6-11(15-13-10)8-4-2-3-5-9(8)12/h2-6H,1H3. The number of benzene rings is 1. The van der Waals surface area contributed by atoms with Crippen molar-refractivity contribution in [2.75, 3.05) is 0 Å². The highest BCUT2D eigenvalue weighted by Gasteiger charge is 2.12. The van der Waals surface area contributed by atoms with Gasteiger partial charge in [0.1, 0.15) is 11.5 Å². The van der Waals surface area contributed by atoms with Crippen LogP contribution in [0.15, 0.2) is 34.9 Å². The van der Waals surface area contributed by atoms with Crippen LogP contribution in [0.25, 0.3) is 11.3 Å². The SMILES string of the molecule is CC(=O)c1cc(-c2ccccc2F)on1. The third kappa shape index (κ3) is 1.79. The van der Waals surface area contributed by atoms with Gasteiger partial charge in [0, 0.05) is 13.0 Å². The van der Waals surface area contributed by atoms with E-state index >= 15 is 0 Å². The van der Waals surface area contributed by atoms with Crippen LogP contribution in [-0.2, 0) is 0 Å². The molecule has 0 bridgehead atoms. The van der Waals surface area contributed by atoms with Crippen LogP contribution in [0.2, 0.25) is 0 Å². The lowest BCUT2D eigenvalue weighted by Gasteiger charge is -1.95. The molecule has 0 amide bonds. The van der Waals surface area contributed by atoms with Gasteiger partial charge in [0.15, 0.2) is 11.5 Å². The maximum absolute atomic E-state index is 13.3. The molecule has 0 spiro atoms. The third-order valence-electron chi connectivity index (χ3n) is 2.01. The lowest BCUT2D eigenvalue weighted by Crippen LogP contribution is -1.89. The van der Waals surface area contributed by atoms with Crippen LogP contribution in [-0.4, -0.2) is 10.9 Å². The fourth-order valence-electron chi connectivity index (χ4n) is 1.23. The van der Waals surface area contributed by atoms with Crippen molar-refractivity contribution in [1.29, 1.82) is 0 Å². The fourth-order valence-corrected chi connectivity index (χ4v) is 1.23. The Morgan fingerprint density at radius 2 is 2.13 bits per heavy atom. The zero-order valence-corrected chi connectivity index (χ0v) is 8.03. The Hall–Kier alpha value is -1.97. The summed E-state index contributed by atoms with van der Waals surface area (Å²) in [7, 11) is 0. The first-order chi connectivity index (χ1) is 7.18. The van der Waals surface area contributed by atoms with Gasteiger partial charge in [-0.25, -0.2) is 4.39 Å². The average molecular weight is 205 g/mol. The average Bonchev–Trinajstić information content (AvgIpc) is 2.67. The molecule has 0 aliphatic rings. The highest BCUT2D eigenvalue weighted by atomic mass is 19.1. The minimum atomic E-state index is -0.399. The van der Waals surface area contributed by atoms with Gasteiger partial charge < -0.3 is 4.52 Å². The van der Waals surface area contributed by atoms with Crippen LogP contribution in [0, 0.1) is 5.82 Å². The number of nitrogens with zero attached hydrogens (tertiary/aromatic N) is 1. The van der Waals surface area contributed by atoms with Gasteiger partial charge in [0.2, 0.25) is 0 Å². The number of hydrogen-bond acceptors (Lipinski definition) is 3. The molecule has 0 fully saturated rings. The van der Waals surface area contributed by atoms with Gasteiger partial charge in [-0.3, -0.25) is 4.79 Å². The number of hydrogen-bond donors (Lipinski definition) is 0. The van der Waals surface area contributed by atoms with Crippen LogP contribution in [0.4, 0.5) is 4.39 Å². The van der Waals surface area contributed by atoms with Crippen LogP contribution in [0.5, 0.6) is 0 Å². The second kappa shape index (κ2) is 3.65. The highest BCUT2D eigenvalue weighted by molar-refractivity contribution is 5.92. The summed E-state index contributed by atoms with van der Waals surface area (Å²) < 4.78 is 18.2. The molecule has 1 aromatic carbocycles. The summed E-state index contributed by atoms with van der Waals surface area (Å²) in [5.41, 5.74) is 0.505. The van der Waals surface area contributed by atoms with E-state index in [1.54, 1.807) is 18.2 Å². The zero-order valence-electron chi connectivity index (χ0n) is 8.03. The number of carbonyl (C=O) groups is 1. The summed E-state index contributed by atoms with van der Waals surface area (Å²) >= 11 is 0. The molecule has 2 aromatic rings. The molecule has 15 heavy (non-hydrogen) atoms. The first kappa shape index (κ1) is 9.58. The molecule has 0 N–H and O–H groups in total. The summed E-state index contributed by atoms with van der Waals surface area (Å²) in [6.07, 6.45) is 0. The van der Waals surface area contributed by atoms with E-state index in [4.69, 9.17) is 4.52 Å². The summed E-state index contributed by atoms with van der Waals surface area (Å²) in [6, 6.07) is 7.60. The van der Waals surface area contributed by atoms with Gasteiger partial charge in [0.25, 0.3) is 0 Å². The number of aromatic nitrogens is 1. The Morgan fingerprint density at radius 1 is 1.40 bits per heavy atom. The summed E-state index contributed by atoms with van der Waals surface area (Å²) in [5.74, 6) is -0.344. The quantitative estimate of drug-likeness (QED) is 0.708. The smallest absolute Gasteiger partial charge is 0.181 e. The summed E-state index contributed by atoms with van der Waals surface area (Å²) in [6.45, 7) is 1.38. The van der Waals surface area contributed by atoms with Gasteiger partial charge in [-0.2, -0.15) is 0 Å². The van der Waals surface area contributed by atoms with E-state index in [1.165, 1.54) is 19.1 Å². The molecule has 0 atom stereocenters. The molecular weight excluding hydrogens is 197 g/mol. The predicted molar refractivity (Wildman–Crippen MR) is 51.9 cm³/mol. The summed E-state index contributed by atoms with van der Waals surface area (Å²) in [4.78, 5) is 11.0. The molecule has 0 aliphatic carbocycles. The predicted octanol–water partition coefficient (Wildman–Crippen LogP) is 2.68. The summed E-state index contributed by atoms with van der Waals surface area (Å²) in [5, 5.41) is 3.54. The van der Waals surface area contributed by atoms with Gasteiger partial charge in [-0.15, -0.1) is 0 Å². The van der Waals surface area contributed by atoms with Gasteiger partial charge in [-0.05, 0) is 12.1 Å². The first-order valence-corrected chi connectivity index (χ1v) is 4.41. The largest absolute Gasteiger partial charge is 0.355 e. The molecule has 1 heterocycles. The van der Waals surface area contributed by atoms with Crippen molar-refractivity contribution in [3.8, 4) is 11.3 Å². The number of Topliss-reactive ketones (excluding diaryl/α,β-unsaturated/α-hetero) is 1. The molecule has 0 unspecified atom stereocenters. The molecule has 4 heteroatoms. The zero-order chi connectivity index (χ0) is 10.8. The minimum absolute atomic E-state index is 0.202. The Kier molecular flexibility index (Phi) is 2.33. The van der Waals surface area contributed by atoms with Crippen molar-refractivity contribution in [3.63, 3.8) is 0 Å². The van der Waals surface area contributed by atoms with Gasteiger partial charge >= 0.3 is 0 Å². The van der Waals surface area contributed by atoms with Crippen LogP contribution in [0.1, 0.15) is 17.4 Å². The van der Waals surface area contributed by atoms with E-state index in [0.29, 0.717) is 5.56 Å². The maximum atomic E-state index is 13.3. The third-order valence-corrected chi connectivity index (χ3v) is 2.01. The lowest BCUT2D eigenvalue weighted by atomic mass is 10.1. The molecule has 76 valence electrons. The van der Waals surface area contributed by atoms with E-state index in [0.717, 1.165) is 0 Å². The molecule has 0 aliphatic heterocycles. The van der Waals surface area contributed by atoms with E-state index in [1.807, 2.05) is 0 Å². The number of carbonyl (C=O) groups excluding carboxylic acids is 1. The van der Waals surface area contributed by atoms with E-state index < -0.39 is 5.82 Å². The van der Waals surface area contributed by atoms with Crippen molar-refractivity contribution in [2.45, 2.75) is 6.92 Å². The number of rotatable bonds is 2. The maximum Gasteiger partial charge on any atom is 0.181 e. The number of halogens is 1. The minimum Gasteiger partial charge on any atom is -0.355 e. The van der Waals surface area contributed by atoms with Crippen molar-refractivity contribution in [2.24, 2.45) is 0 Å². The van der Waals surface area contributed by atoms with Crippen molar-refractivity contribution in [1.82, 2.24) is 5.16 Å². The monoisotopic (exact) mass is 205 g/mol. The normalized spacial score (nSPS) is 10.3. The van der Waals surface area contributed by atoms with E-state index in [2.05, 4.69) is 5.16 Å². The second-order valence-corrected chi connectivity index (χ2v) is 3.11. The first-order valence-electron chi connectivity index (χ1n) is 4.41. The van der Waals surface area contributed by atoms with Gasteiger partial charge in [-0.1, -0.05) is 17.3 Å². The molecule has 0 radical (unpaired) electrons. The van der Waals surface area contributed by atoms with Crippen molar-refractivity contribution < 1.29 is 13.7 Å². The molecule has 2 rings (SSSR count). The van der Waals surface area contributed by atoms with Gasteiger partial charge in [0.05, 0.1) is 5.56 Å². The Balaban J connectivity index is 2.46. The Bertz CT molecular complexity index is 505. The lowest BCUT2D eigenvalue weighted by molar-refractivity contribution is 0.100. The fraction of sp³-hybridized carbons (Fsp3) is 0.0909. The topological polar surface area (TPSA) is 43.1 Å². The van der Waals surface area contributed by atoms with E-state index in [9.17, 15) is 9.18 Å². The van der Waals surface area contributed by atoms with Crippen LogP contribution >= 0.6 is 0 Å². The molecule has 3 nitrogen and oxygen atoms in total. The van der Waals surface area contributed by atoms with E-state index in [-0.39, 0.29) is 17.2 Å². The molecule has 0 saturated carbocycles. The number of ketones is 1. The second-order valence-electron chi connectivity index (χ2n) is 3.11. The molecule has 0 saturated heterocycles. The molecular formula is C11H8FNO2. The van der Waals surface area contributed by atoms with Crippen LogP contribution < -0.4 is 0 Å². The molecule has 1 aromatic heterocycles. The Labute approximate surface area is 85.5 Å². The Morgan fingerprint density at radius 3 is 2.73 bits per heavy atom. The van der Waals surface area contributed by atoms with Crippen molar-refractivity contribution >= 4 is 5.78 Å². The van der Waals surface area contributed by atoms with Crippen molar-refractivity contribution in [3.05, 3.63) is 41.8 Å².